The van der Waals surface area contributed by atoms with Crippen molar-refractivity contribution in [1.29, 1.82) is 5.26 Å². The Morgan fingerprint density at radius 1 is 1.85 bits per heavy atom. The van der Waals surface area contributed by atoms with Gasteiger partial charge < -0.3 is 10.1 Å². The molecule has 0 radical (unpaired) electrons. The molecular weight excluding hydrogens is 168 g/mol. The lowest BCUT2D eigenvalue weighted by atomic mass is 10.1. The highest BCUT2D eigenvalue weighted by Gasteiger charge is 2.13. The van der Waals surface area contributed by atoms with Crippen molar-refractivity contribution in [3.63, 3.8) is 0 Å². The standard InChI is InChI=1S/C9H12N2O2/c1-7(6-10)11-9(12)8-2-4-13-5-3-8/h2,7H,3-5H2,1H3,(H,11,12). The lowest BCUT2D eigenvalue weighted by Gasteiger charge is -2.13. The molecular formula is C9H12N2O2. The molecule has 1 amide bonds. The fourth-order valence-corrected chi connectivity index (χ4v) is 1.05. The highest BCUT2D eigenvalue weighted by atomic mass is 16.5. The van der Waals surface area contributed by atoms with Gasteiger partial charge in [0.25, 0.3) is 0 Å². The van der Waals surface area contributed by atoms with Crippen LogP contribution in [0.5, 0.6) is 0 Å². The third-order valence-electron chi connectivity index (χ3n) is 1.80. The molecule has 0 aliphatic carbocycles. The van der Waals surface area contributed by atoms with Gasteiger partial charge in [0.1, 0.15) is 6.04 Å². The van der Waals surface area contributed by atoms with Crippen molar-refractivity contribution in [3.05, 3.63) is 11.6 Å². The Balaban J connectivity index is 2.48. The van der Waals surface area contributed by atoms with Crippen LogP contribution in [0.2, 0.25) is 0 Å². The molecule has 70 valence electrons. The molecule has 1 N–H and O–H groups in total. The number of ether oxygens (including phenoxy) is 1. The monoisotopic (exact) mass is 180 g/mol. The van der Waals surface area contributed by atoms with Gasteiger partial charge in [0.15, 0.2) is 0 Å². The van der Waals surface area contributed by atoms with E-state index in [1.54, 1.807) is 13.0 Å². The first-order chi connectivity index (χ1) is 6.24. The van der Waals surface area contributed by atoms with Crippen molar-refractivity contribution in [2.75, 3.05) is 13.2 Å². The summed E-state index contributed by atoms with van der Waals surface area (Å²) in [5, 5.41) is 11.0. The molecule has 13 heavy (non-hydrogen) atoms. The van der Waals surface area contributed by atoms with Crippen LogP contribution in [0, 0.1) is 11.3 Å². The highest BCUT2D eigenvalue weighted by Crippen LogP contribution is 2.07. The fourth-order valence-electron chi connectivity index (χ4n) is 1.05. The number of nitrogens with one attached hydrogen (secondary N) is 1. The van der Waals surface area contributed by atoms with Crippen molar-refractivity contribution in [3.8, 4) is 6.07 Å². The van der Waals surface area contributed by atoms with Gasteiger partial charge in [-0.2, -0.15) is 5.26 Å². The molecule has 4 heteroatoms. The minimum absolute atomic E-state index is 0.155. The second kappa shape index (κ2) is 4.63. The summed E-state index contributed by atoms with van der Waals surface area (Å²) < 4.78 is 5.06. The van der Waals surface area contributed by atoms with Gasteiger partial charge in [-0.15, -0.1) is 0 Å². The second-order valence-electron chi connectivity index (χ2n) is 2.88. The van der Waals surface area contributed by atoms with Crippen LogP contribution in [0.4, 0.5) is 0 Å². The van der Waals surface area contributed by atoms with E-state index in [1.807, 2.05) is 6.07 Å². The first-order valence-electron chi connectivity index (χ1n) is 4.21. The van der Waals surface area contributed by atoms with Gasteiger partial charge in [0, 0.05) is 12.0 Å². The van der Waals surface area contributed by atoms with E-state index >= 15 is 0 Å². The third kappa shape index (κ3) is 2.88. The van der Waals surface area contributed by atoms with Crippen molar-refractivity contribution < 1.29 is 9.53 Å². The van der Waals surface area contributed by atoms with Gasteiger partial charge >= 0.3 is 0 Å². The normalized spacial score (nSPS) is 18.3. The van der Waals surface area contributed by atoms with Gasteiger partial charge in [-0.05, 0) is 6.92 Å². The van der Waals surface area contributed by atoms with Crippen LogP contribution in [-0.4, -0.2) is 25.2 Å². The molecule has 1 heterocycles. The first-order valence-corrected chi connectivity index (χ1v) is 4.21. The maximum Gasteiger partial charge on any atom is 0.248 e. The second-order valence-corrected chi connectivity index (χ2v) is 2.88. The Morgan fingerprint density at radius 3 is 3.15 bits per heavy atom. The molecule has 0 spiro atoms. The van der Waals surface area contributed by atoms with Crippen LogP contribution in [0.1, 0.15) is 13.3 Å². The van der Waals surface area contributed by atoms with Crippen molar-refractivity contribution >= 4 is 5.91 Å². The first kappa shape index (κ1) is 9.75. The van der Waals surface area contributed by atoms with Gasteiger partial charge in [-0.25, -0.2) is 0 Å². The predicted molar refractivity (Wildman–Crippen MR) is 46.7 cm³/mol. The molecule has 1 rings (SSSR count). The van der Waals surface area contributed by atoms with Gasteiger partial charge in [0.05, 0.1) is 19.3 Å². The lowest BCUT2D eigenvalue weighted by Crippen LogP contribution is -2.33. The van der Waals surface area contributed by atoms with E-state index in [9.17, 15) is 4.79 Å². The summed E-state index contributed by atoms with van der Waals surface area (Å²) in [4.78, 5) is 11.4. The zero-order valence-electron chi connectivity index (χ0n) is 7.54. The molecule has 0 saturated heterocycles. The predicted octanol–water partition coefficient (Wildman–Crippen LogP) is 0.361. The van der Waals surface area contributed by atoms with E-state index in [-0.39, 0.29) is 5.91 Å². The number of hydrogen-bond acceptors (Lipinski definition) is 3. The average molecular weight is 180 g/mol. The minimum Gasteiger partial charge on any atom is -0.377 e. The van der Waals surface area contributed by atoms with E-state index in [0.717, 1.165) is 0 Å². The quantitative estimate of drug-likeness (QED) is 0.667. The van der Waals surface area contributed by atoms with Crippen molar-refractivity contribution in [1.82, 2.24) is 5.32 Å². The van der Waals surface area contributed by atoms with Crippen LogP contribution in [0.15, 0.2) is 11.6 Å². The third-order valence-corrected chi connectivity index (χ3v) is 1.80. The maximum absolute atomic E-state index is 11.4. The zero-order chi connectivity index (χ0) is 9.68. The van der Waals surface area contributed by atoms with E-state index < -0.39 is 6.04 Å². The number of nitrogens with zero attached hydrogens (tertiary/aromatic N) is 1. The van der Waals surface area contributed by atoms with Crippen LogP contribution in [0.25, 0.3) is 0 Å². The van der Waals surface area contributed by atoms with E-state index in [2.05, 4.69) is 5.32 Å². The van der Waals surface area contributed by atoms with Crippen LogP contribution in [-0.2, 0) is 9.53 Å². The molecule has 4 nitrogen and oxygen atoms in total. The van der Waals surface area contributed by atoms with Crippen molar-refractivity contribution in [2.24, 2.45) is 0 Å². The van der Waals surface area contributed by atoms with Gasteiger partial charge in [-0.1, -0.05) is 6.08 Å². The van der Waals surface area contributed by atoms with E-state index in [1.165, 1.54) is 0 Å². The Kier molecular flexibility index (Phi) is 3.47. The fraction of sp³-hybridized carbons (Fsp3) is 0.556. The van der Waals surface area contributed by atoms with Crippen LogP contribution >= 0.6 is 0 Å². The number of hydrogen-bond donors (Lipinski definition) is 1. The van der Waals surface area contributed by atoms with Gasteiger partial charge in [-0.3, -0.25) is 4.79 Å². The Morgan fingerprint density at radius 2 is 2.62 bits per heavy atom. The minimum atomic E-state index is -0.434. The average Bonchev–Trinajstić information content (AvgIpc) is 2.19. The Bertz CT molecular complexity index is 265. The maximum atomic E-state index is 11.4. The molecule has 1 unspecified atom stereocenters. The Labute approximate surface area is 77.2 Å². The molecule has 0 bridgehead atoms. The number of amides is 1. The Hall–Kier alpha value is -1.34. The molecule has 1 aliphatic heterocycles. The topological polar surface area (TPSA) is 62.1 Å². The van der Waals surface area contributed by atoms with E-state index in [4.69, 9.17) is 10.00 Å². The molecule has 0 saturated carbocycles. The SMILES string of the molecule is CC(C#N)NC(=O)C1=CCOCC1. The summed E-state index contributed by atoms with van der Waals surface area (Å²) in [5.74, 6) is -0.155. The molecule has 0 aromatic carbocycles. The van der Waals surface area contributed by atoms with Crippen molar-refractivity contribution in [2.45, 2.75) is 19.4 Å². The molecule has 0 aromatic heterocycles. The number of nitriles is 1. The largest absolute Gasteiger partial charge is 0.377 e. The molecule has 0 aromatic rings. The summed E-state index contributed by atoms with van der Waals surface area (Å²) in [6, 6.07) is 1.51. The summed E-state index contributed by atoms with van der Waals surface area (Å²) >= 11 is 0. The molecule has 1 atom stereocenters. The van der Waals surface area contributed by atoms with Gasteiger partial charge in [0.2, 0.25) is 5.91 Å². The zero-order valence-corrected chi connectivity index (χ0v) is 7.54. The number of carbonyl (C=O) groups is 1. The lowest BCUT2D eigenvalue weighted by molar-refractivity contribution is -0.118. The highest BCUT2D eigenvalue weighted by molar-refractivity contribution is 5.93. The summed E-state index contributed by atoms with van der Waals surface area (Å²) in [7, 11) is 0. The summed E-state index contributed by atoms with van der Waals surface area (Å²) in [6.07, 6.45) is 2.38. The van der Waals surface area contributed by atoms with Crippen LogP contribution < -0.4 is 5.32 Å². The molecule has 0 fully saturated rings. The van der Waals surface area contributed by atoms with Crippen LogP contribution in [0.3, 0.4) is 0 Å². The number of carbonyl (C=O) groups excluding carboxylic acids is 1. The number of rotatable bonds is 2. The summed E-state index contributed by atoms with van der Waals surface area (Å²) in [5.41, 5.74) is 0.716. The smallest absolute Gasteiger partial charge is 0.248 e. The van der Waals surface area contributed by atoms with E-state index in [0.29, 0.717) is 25.2 Å². The summed E-state index contributed by atoms with van der Waals surface area (Å²) in [6.45, 7) is 2.72. The molecule has 1 aliphatic rings.